The number of hydrogen-bond donors (Lipinski definition) is 1. The maximum Gasteiger partial charge on any atom is 0.410 e. The van der Waals surface area contributed by atoms with Crippen LogP contribution in [0.3, 0.4) is 0 Å². The molecule has 1 aliphatic heterocycles. The van der Waals surface area contributed by atoms with Crippen LogP contribution >= 0.6 is 11.6 Å². The molecule has 3 rings (SSSR count). The van der Waals surface area contributed by atoms with Crippen LogP contribution in [0.25, 0.3) is 11.3 Å². The SMILES string of the molecule is CC(C)(C)OC(=O)N1CCC(n2cc(-c3cc(Cl)nnc3N)nn2)CC1. The van der Waals surface area contributed by atoms with Crippen molar-refractivity contribution in [1.29, 1.82) is 0 Å². The van der Waals surface area contributed by atoms with Crippen molar-refractivity contribution in [2.45, 2.75) is 45.3 Å². The molecule has 2 N–H and O–H groups in total. The van der Waals surface area contributed by atoms with Crippen molar-refractivity contribution < 1.29 is 9.53 Å². The Morgan fingerprint density at radius 1 is 1.27 bits per heavy atom. The molecule has 9 nitrogen and oxygen atoms in total. The number of anilines is 1. The molecule has 0 radical (unpaired) electrons. The first-order valence-electron chi connectivity index (χ1n) is 8.42. The zero-order valence-electron chi connectivity index (χ0n) is 15.0. The summed E-state index contributed by atoms with van der Waals surface area (Å²) < 4.78 is 7.22. The van der Waals surface area contributed by atoms with E-state index in [0.29, 0.717) is 24.3 Å². The Kier molecular flexibility index (Phi) is 4.99. The molecule has 0 unspecified atom stereocenters. The number of nitrogen functional groups attached to an aromatic ring is 1. The molecule has 0 saturated carbocycles. The topological polar surface area (TPSA) is 112 Å². The molecule has 0 atom stereocenters. The summed E-state index contributed by atoms with van der Waals surface area (Å²) in [5, 5.41) is 16.1. The average molecular weight is 380 g/mol. The molecule has 26 heavy (non-hydrogen) atoms. The molecule has 0 spiro atoms. The second-order valence-electron chi connectivity index (χ2n) is 7.25. The van der Waals surface area contributed by atoms with Crippen LogP contribution in [0.4, 0.5) is 10.6 Å². The van der Waals surface area contributed by atoms with Crippen molar-refractivity contribution in [2.75, 3.05) is 18.8 Å². The highest BCUT2D eigenvalue weighted by atomic mass is 35.5. The highest BCUT2D eigenvalue weighted by Crippen LogP contribution is 2.27. The first-order chi connectivity index (χ1) is 12.2. The van der Waals surface area contributed by atoms with E-state index in [1.54, 1.807) is 15.6 Å². The monoisotopic (exact) mass is 379 g/mol. The molecular weight excluding hydrogens is 358 g/mol. The maximum atomic E-state index is 12.1. The summed E-state index contributed by atoms with van der Waals surface area (Å²) in [6, 6.07) is 1.77. The number of rotatable bonds is 2. The molecule has 0 aromatic carbocycles. The van der Waals surface area contributed by atoms with Gasteiger partial charge < -0.3 is 15.4 Å². The predicted molar refractivity (Wildman–Crippen MR) is 96.5 cm³/mol. The van der Waals surface area contributed by atoms with Gasteiger partial charge in [-0.2, -0.15) is 0 Å². The third-order valence-electron chi connectivity index (χ3n) is 4.07. The molecule has 1 aliphatic rings. The van der Waals surface area contributed by atoms with Crippen LogP contribution in [0, 0.1) is 0 Å². The molecule has 0 aliphatic carbocycles. The van der Waals surface area contributed by atoms with Gasteiger partial charge in [0, 0.05) is 13.1 Å². The van der Waals surface area contributed by atoms with Crippen LogP contribution in [-0.2, 0) is 4.74 Å². The third-order valence-corrected chi connectivity index (χ3v) is 4.25. The van der Waals surface area contributed by atoms with Crippen LogP contribution in [0.5, 0.6) is 0 Å². The van der Waals surface area contributed by atoms with Crippen LogP contribution in [0.15, 0.2) is 12.3 Å². The quantitative estimate of drug-likeness (QED) is 0.852. The molecule has 2 aromatic rings. The number of hydrogen-bond acceptors (Lipinski definition) is 7. The maximum absolute atomic E-state index is 12.1. The van der Waals surface area contributed by atoms with Crippen molar-refractivity contribution in [2.24, 2.45) is 0 Å². The Morgan fingerprint density at radius 2 is 1.96 bits per heavy atom. The number of carbonyl (C=O) groups excluding carboxylic acids is 1. The summed E-state index contributed by atoms with van der Waals surface area (Å²) in [5.41, 5.74) is 6.54. The van der Waals surface area contributed by atoms with Crippen molar-refractivity contribution in [3.8, 4) is 11.3 Å². The number of nitrogens with two attached hydrogens (primary N) is 1. The average Bonchev–Trinajstić information content (AvgIpc) is 3.05. The molecule has 10 heteroatoms. The Balaban J connectivity index is 1.65. The van der Waals surface area contributed by atoms with E-state index in [0.717, 1.165) is 12.8 Å². The summed E-state index contributed by atoms with van der Waals surface area (Å²) in [5.74, 6) is 0.251. The van der Waals surface area contributed by atoms with Crippen LogP contribution in [-0.4, -0.2) is 54.9 Å². The van der Waals surface area contributed by atoms with Gasteiger partial charge in [-0.05, 0) is 39.7 Å². The number of aromatic nitrogens is 5. The van der Waals surface area contributed by atoms with E-state index in [1.807, 2.05) is 27.0 Å². The van der Waals surface area contributed by atoms with E-state index in [2.05, 4.69) is 20.5 Å². The van der Waals surface area contributed by atoms with E-state index in [-0.39, 0.29) is 23.1 Å². The molecule has 1 amide bonds. The molecule has 140 valence electrons. The van der Waals surface area contributed by atoms with E-state index < -0.39 is 5.60 Å². The van der Waals surface area contributed by atoms with Gasteiger partial charge in [0.15, 0.2) is 11.0 Å². The number of ether oxygens (including phenoxy) is 1. The first-order valence-corrected chi connectivity index (χ1v) is 8.79. The zero-order chi connectivity index (χ0) is 18.9. The van der Waals surface area contributed by atoms with Gasteiger partial charge in [0.2, 0.25) is 0 Å². The molecule has 3 heterocycles. The van der Waals surface area contributed by atoms with Crippen molar-refractivity contribution in [3.05, 3.63) is 17.4 Å². The van der Waals surface area contributed by atoms with Gasteiger partial charge in [0.25, 0.3) is 0 Å². The van der Waals surface area contributed by atoms with E-state index >= 15 is 0 Å². The van der Waals surface area contributed by atoms with Crippen LogP contribution < -0.4 is 5.73 Å². The number of halogens is 1. The Labute approximate surface area is 156 Å². The van der Waals surface area contributed by atoms with Gasteiger partial charge in [0.05, 0.1) is 17.8 Å². The molecule has 0 bridgehead atoms. The van der Waals surface area contributed by atoms with Gasteiger partial charge >= 0.3 is 6.09 Å². The molecule has 2 aromatic heterocycles. The fourth-order valence-corrected chi connectivity index (χ4v) is 2.95. The minimum absolute atomic E-state index is 0.154. The molecule has 1 saturated heterocycles. The first kappa shape index (κ1) is 18.4. The summed E-state index contributed by atoms with van der Waals surface area (Å²) in [7, 11) is 0. The fourth-order valence-electron chi connectivity index (χ4n) is 2.80. The third kappa shape index (κ3) is 4.21. The Bertz CT molecular complexity index is 794. The Morgan fingerprint density at radius 3 is 2.62 bits per heavy atom. The summed E-state index contributed by atoms with van der Waals surface area (Å²) >= 11 is 5.88. The number of amides is 1. The lowest BCUT2D eigenvalue weighted by atomic mass is 10.1. The van der Waals surface area contributed by atoms with Crippen molar-refractivity contribution >= 4 is 23.5 Å². The van der Waals surface area contributed by atoms with Gasteiger partial charge in [-0.3, -0.25) is 0 Å². The van der Waals surface area contributed by atoms with Gasteiger partial charge in [0.1, 0.15) is 11.3 Å². The number of likely N-dealkylation sites (tertiary alicyclic amines) is 1. The standard InChI is InChI=1S/C16H22ClN7O2/c1-16(2,3)26-15(25)23-6-4-10(5-7-23)24-9-12(19-22-24)11-8-13(17)20-21-14(11)18/h8-10H,4-7H2,1-3H3,(H2,18,21). The summed E-state index contributed by atoms with van der Waals surface area (Å²) in [4.78, 5) is 13.9. The van der Waals surface area contributed by atoms with Crippen molar-refractivity contribution in [3.63, 3.8) is 0 Å². The van der Waals surface area contributed by atoms with Crippen LogP contribution in [0.1, 0.15) is 39.7 Å². The van der Waals surface area contributed by atoms with Crippen LogP contribution in [0.2, 0.25) is 5.15 Å². The summed E-state index contributed by atoms with van der Waals surface area (Å²) in [6.45, 7) is 6.81. The predicted octanol–water partition coefficient (Wildman–Crippen LogP) is 2.54. The second kappa shape index (κ2) is 7.06. The highest BCUT2D eigenvalue weighted by Gasteiger charge is 2.28. The van der Waals surface area contributed by atoms with Gasteiger partial charge in [-0.1, -0.05) is 16.8 Å². The summed E-state index contributed by atoms with van der Waals surface area (Å²) in [6.07, 6.45) is 3.08. The van der Waals surface area contributed by atoms with E-state index in [4.69, 9.17) is 22.1 Å². The van der Waals surface area contributed by atoms with E-state index in [9.17, 15) is 4.79 Å². The number of piperidine rings is 1. The van der Waals surface area contributed by atoms with Gasteiger partial charge in [-0.15, -0.1) is 15.3 Å². The zero-order valence-corrected chi connectivity index (χ0v) is 15.8. The molecular formula is C16H22ClN7O2. The number of carbonyl (C=O) groups is 1. The lowest BCUT2D eigenvalue weighted by Gasteiger charge is -2.33. The van der Waals surface area contributed by atoms with Gasteiger partial charge in [-0.25, -0.2) is 9.48 Å². The minimum atomic E-state index is -0.492. The second-order valence-corrected chi connectivity index (χ2v) is 7.64. The minimum Gasteiger partial charge on any atom is -0.444 e. The smallest absolute Gasteiger partial charge is 0.410 e. The Hall–Kier alpha value is -2.42. The van der Waals surface area contributed by atoms with E-state index in [1.165, 1.54) is 0 Å². The van der Waals surface area contributed by atoms with Crippen molar-refractivity contribution in [1.82, 2.24) is 30.1 Å². The molecule has 1 fully saturated rings. The highest BCUT2D eigenvalue weighted by molar-refractivity contribution is 6.29. The fraction of sp³-hybridized carbons (Fsp3) is 0.562. The largest absolute Gasteiger partial charge is 0.444 e. The number of nitrogens with zero attached hydrogens (tertiary/aromatic N) is 6. The normalized spacial score (nSPS) is 15.9. The lowest BCUT2D eigenvalue weighted by Crippen LogP contribution is -2.42. The lowest BCUT2D eigenvalue weighted by molar-refractivity contribution is 0.0184.